The maximum atomic E-state index is 13.1. The Labute approximate surface area is 89.3 Å². The standard InChI is InChI=1S/C12H16FNO/c1-14-6-10(8-15)12(7-14)9-3-2-4-11(13)5-9/h2-5,10,12,15H,6-8H2,1H3/t10-,12+/m1/s1. The van der Waals surface area contributed by atoms with E-state index >= 15 is 0 Å². The first-order valence-electron chi connectivity index (χ1n) is 5.25. The fourth-order valence-electron chi connectivity index (χ4n) is 2.39. The molecule has 0 bridgehead atoms. The van der Waals surface area contributed by atoms with Crippen LogP contribution in [0.4, 0.5) is 4.39 Å². The van der Waals surface area contributed by atoms with Gasteiger partial charge in [0.2, 0.25) is 0 Å². The lowest BCUT2D eigenvalue weighted by molar-refractivity contribution is 0.219. The Morgan fingerprint density at radius 3 is 2.93 bits per heavy atom. The fraction of sp³-hybridized carbons (Fsp3) is 0.500. The zero-order valence-corrected chi connectivity index (χ0v) is 8.86. The van der Waals surface area contributed by atoms with E-state index in [1.807, 2.05) is 13.1 Å². The molecule has 1 saturated heterocycles. The van der Waals surface area contributed by atoms with E-state index in [0.717, 1.165) is 18.7 Å². The smallest absolute Gasteiger partial charge is 0.123 e. The van der Waals surface area contributed by atoms with Crippen LogP contribution in [-0.2, 0) is 0 Å². The molecule has 0 spiro atoms. The number of nitrogens with zero attached hydrogens (tertiary/aromatic N) is 1. The third kappa shape index (κ3) is 2.19. The third-order valence-electron chi connectivity index (χ3n) is 3.13. The molecule has 2 rings (SSSR count). The molecule has 1 aromatic carbocycles. The monoisotopic (exact) mass is 209 g/mol. The average molecular weight is 209 g/mol. The highest BCUT2D eigenvalue weighted by Crippen LogP contribution is 2.31. The summed E-state index contributed by atoms with van der Waals surface area (Å²) in [6.07, 6.45) is 0. The molecule has 0 aromatic heterocycles. The minimum Gasteiger partial charge on any atom is -0.396 e. The van der Waals surface area contributed by atoms with Crippen LogP contribution < -0.4 is 0 Å². The second kappa shape index (κ2) is 4.29. The summed E-state index contributed by atoms with van der Waals surface area (Å²) in [5.74, 6) is 0.297. The minimum atomic E-state index is -0.196. The van der Waals surface area contributed by atoms with E-state index in [0.29, 0.717) is 0 Å². The Kier molecular flexibility index (Phi) is 3.03. The van der Waals surface area contributed by atoms with E-state index in [9.17, 15) is 9.50 Å². The Bertz CT molecular complexity index is 342. The maximum Gasteiger partial charge on any atom is 0.123 e. The number of likely N-dealkylation sites (N-methyl/N-ethyl adjacent to an activating group) is 1. The van der Waals surface area contributed by atoms with Crippen molar-refractivity contribution >= 4 is 0 Å². The van der Waals surface area contributed by atoms with Crippen molar-refractivity contribution in [1.82, 2.24) is 4.90 Å². The molecule has 3 heteroatoms. The van der Waals surface area contributed by atoms with Crippen LogP contribution in [0.5, 0.6) is 0 Å². The minimum absolute atomic E-state index is 0.172. The Morgan fingerprint density at radius 1 is 1.47 bits per heavy atom. The number of hydrogen-bond donors (Lipinski definition) is 1. The van der Waals surface area contributed by atoms with Crippen LogP contribution >= 0.6 is 0 Å². The van der Waals surface area contributed by atoms with Crippen LogP contribution in [0.1, 0.15) is 11.5 Å². The lowest BCUT2D eigenvalue weighted by atomic mass is 9.89. The van der Waals surface area contributed by atoms with Gasteiger partial charge in [-0.1, -0.05) is 12.1 Å². The molecule has 1 aromatic rings. The molecule has 82 valence electrons. The zero-order chi connectivity index (χ0) is 10.8. The summed E-state index contributed by atoms with van der Waals surface area (Å²) in [6, 6.07) is 6.70. The summed E-state index contributed by atoms with van der Waals surface area (Å²) in [4.78, 5) is 2.18. The molecule has 1 N–H and O–H groups in total. The molecule has 0 saturated carbocycles. The lowest BCUT2D eigenvalue weighted by Crippen LogP contribution is -2.15. The number of rotatable bonds is 2. The number of likely N-dealkylation sites (tertiary alicyclic amines) is 1. The van der Waals surface area contributed by atoms with Crippen LogP contribution in [0.2, 0.25) is 0 Å². The van der Waals surface area contributed by atoms with Gasteiger partial charge in [-0.05, 0) is 24.7 Å². The molecule has 0 unspecified atom stereocenters. The predicted octanol–water partition coefficient (Wildman–Crippen LogP) is 1.46. The second-order valence-electron chi connectivity index (χ2n) is 4.33. The Morgan fingerprint density at radius 2 is 2.27 bits per heavy atom. The van der Waals surface area contributed by atoms with Gasteiger partial charge in [-0.2, -0.15) is 0 Å². The summed E-state index contributed by atoms with van der Waals surface area (Å²) < 4.78 is 13.1. The molecule has 1 aliphatic heterocycles. The van der Waals surface area contributed by atoms with Crippen molar-refractivity contribution in [2.24, 2.45) is 5.92 Å². The normalized spacial score (nSPS) is 27.1. The first-order chi connectivity index (χ1) is 7.20. The van der Waals surface area contributed by atoms with Gasteiger partial charge in [-0.25, -0.2) is 4.39 Å². The molecule has 0 radical (unpaired) electrons. The molecule has 1 fully saturated rings. The van der Waals surface area contributed by atoms with Crippen molar-refractivity contribution in [3.05, 3.63) is 35.6 Å². The molecular weight excluding hydrogens is 193 g/mol. The van der Waals surface area contributed by atoms with Crippen molar-refractivity contribution in [3.8, 4) is 0 Å². The van der Waals surface area contributed by atoms with Crippen molar-refractivity contribution < 1.29 is 9.50 Å². The highest BCUT2D eigenvalue weighted by atomic mass is 19.1. The molecule has 15 heavy (non-hydrogen) atoms. The molecule has 2 nitrogen and oxygen atoms in total. The van der Waals surface area contributed by atoms with Crippen LogP contribution in [0.3, 0.4) is 0 Å². The van der Waals surface area contributed by atoms with Gasteiger partial charge >= 0.3 is 0 Å². The number of aliphatic hydroxyl groups excluding tert-OH is 1. The largest absolute Gasteiger partial charge is 0.396 e. The van der Waals surface area contributed by atoms with Crippen molar-refractivity contribution in [3.63, 3.8) is 0 Å². The van der Waals surface area contributed by atoms with Crippen LogP contribution in [0.15, 0.2) is 24.3 Å². The van der Waals surface area contributed by atoms with Gasteiger partial charge < -0.3 is 10.0 Å². The van der Waals surface area contributed by atoms with E-state index in [4.69, 9.17) is 0 Å². The summed E-state index contributed by atoms with van der Waals surface area (Å²) in [7, 11) is 2.03. The van der Waals surface area contributed by atoms with Crippen LogP contribution in [0.25, 0.3) is 0 Å². The summed E-state index contributed by atoms with van der Waals surface area (Å²) in [6.45, 7) is 1.96. The number of hydrogen-bond acceptors (Lipinski definition) is 2. The van der Waals surface area contributed by atoms with E-state index in [1.54, 1.807) is 12.1 Å². The zero-order valence-electron chi connectivity index (χ0n) is 8.86. The van der Waals surface area contributed by atoms with E-state index in [-0.39, 0.29) is 24.3 Å². The SMILES string of the molecule is CN1C[C@H](CO)[C@H](c2cccc(F)c2)C1. The lowest BCUT2D eigenvalue weighted by Gasteiger charge is -2.16. The third-order valence-corrected chi connectivity index (χ3v) is 3.13. The van der Waals surface area contributed by atoms with E-state index in [1.165, 1.54) is 6.07 Å². The van der Waals surface area contributed by atoms with Gasteiger partial charge in [0.05, 0.1) is 0 Å². The van der Waals surface area contributed by atoms with Crippen molar-refractivity contribution in [2.45, 2.75) is 5.92 Å². The van der Waals surface area contributed by atoms with Gasteiger partial charge in [0, 0.05) is 31.5 Å². The molecule has 2 atom stereocenters. The van der Waals surface area contributed by atoms with Gasteiger partial charge in [0.15, 0.2) is 0 Å². The van der Waals surface area contributed by atoms with Crippen molar-refractivity contribution in [1.29, 1.82) is 0 Å². The topological polar surface area (TPSA) is 23.5 Å². The molecule has 0 aliphatic carbocycles. The number of halogens is 1. The maximum absolute atomic E-state index is 13.1. The van der Waals surface area contributed by atoms with E-state index in [2.05, 4.69) is 4.90 Å². The highest BCUT2D eigenvalue weighted by Gasteiger charge is 2.31. The Hall–Kier alpha value is -0.930. The van der Waals surface area contributed by atoms with Gasteiger partial charge in [0.25, 0.3) is 0 Å². The highest BCUT2D eigenvalue weighted by molar-refractivity contribution is 5.23. The fourth-order valence-corrected chi connectivity index (χ4v) is 2.39. The molecule has 0 amide bonds. The molecule has 1 heterocycles. The summed E-state index contributed by atoms with van der Waals surface area (Å²) in [5.41, 5.74) is 0.999. The van der Waals surface area contributed by atoms with Crippen LogP contribution in [0, 0.1) is 11.7 Å². The number of aliphatic hydroxyl groups is 1. The average Bonchev–Trinajstić information content (AvgIpc) is 2.59. The summed E-state index contributed by atoms with van der Waals surface area (Å²) in [5, 5.41) is 9.26. The van der Waals surface area contributed by atoms with Gasteiger partial charge in [-0.3, -0.25) is 0 Å². The van der Waals surface area contributed by atoms with Crippen molar-refractivity contribution in [2.75, 3.05) is 26.7 Å². The van der Waals surface area contributed by atoms with Gasteiger partial charge in [0.1, 0.15) is 5.82 Å². The van der Waals surface area contributed by atoms with Crippen LogP contribution in [-0.4, -0.2) is 36.8 Å². The second-order valence-corrected chi connectivity index (χ2v) is 4.33. The predicted molar refractivity (Wildman–Crippen MR) is 57.2 cm³/mol. The van der Waals surface area contributed by atoms with Gasteiger partial charge in [-0.15, -0.1) is 0 Å². The number of benzene rings is 1. The molecular formula is C12H16FNO. The summed E-state index contributed by atoms with van der Waals surface area (Å²) >= 11 is 0. The van der Waals surface area contributed by atoms with E-state index < -0.39 is 0 Å². The molecule has 1 aliphatic rings. The first kappa shape index (κ1) is 10.6. The quantitative estimate of drug-likeness (QED) is 0.797. The first-order valence-corrected chi connectivity index (χ1v) is 5.25. The Balaban J connectivity index is 2.22.